The lowest BCUT2D eigenvalue weighted by Gasteiger charge is -2.07. The summed E-state index contributed by atoms with van der Waals surface area (Å²) >= 11 is 0. The molecule has 0 atom stereocenters. The van der Waals surface area contributed by atoms with Crippen LogP contribution in [0, 0.1) is 5.92 Å². The van der Waals surface area contributed by atoms with E-state index < -0.39 is 0 Å². The van der Waals surface area contributed by atoms with Crippen molar-refractivity contribution in [2.24, 2.45) is 5.92 Å². The molecule has 1 saturated carbocycles. The molecule has 0 aromatic carbocycles. The Bertz CT molecular complexity index is 320. The van der Waals surface area contributed by atoms with Gasteiger partial charge in [0.2, 0.25) is 5.89 Å². The zero-order valence-electron chi connectivity index (χ0n) is 10.5. The summed E-state index contributed by atoms with van der Waals surface area (Å²) in [4.78, 5) is 0. The molecule has 1 heterocycles. The number of aromatic nitrogens is 2. The molecule has 1 aromatic heterocycles. The van der Waals surface area contributed by atoms with Crippen molar-refractivity contribution < 1.29 is 4.42 Å². The molecule has 96 valence electrons. The van der Waals surface area contributed by atoms with Crippen molar-refractivity contribution in [2.45, 2.75) is 45.1 Å². The van der Waals surface area contributed by atoms with Crippen molar-refractivity contribution in [1.82, 2.24) is 15.5 Å². The molecule has 0 aliphatic heterocycles. The van der Waals surface area contributed by atoms with Crippen LogP contribution < -0.4 is 10.6 Å². The number of anilines is 1. The van der Waals surface area contributed by atoms with Gasteiger partial charge >= 0.3 is 6.01 Å². The second-order valence-electron chi connectivity index (χ2n) is 4.75. The summed E-state index contributed by atoms with van der Waals surface area (Å²) in [5, 5.41) is 14.0. The van der Waals surface area contributed by atoms with Gasteiger partial charge in [0, 0.05) is 6.54 Å². The van der Waals surface area contributed by atoms with Gasteiger partial charge in [-0.25, -0.2) is 0 Å². The molecule has 17 heavy (non-hydrogen) atoms. The molecule has 5 heteroatoms. The van der Waals surface area contributed by atoms with Crippen LogP contribution in [0.4, 0.5) is 6.01 Å². The van der Waals surface area contributed by atoms with E-state index in [2.05, 4.69) is 20.8 Å². The summed E-state index contributed by atoms with van der Waals surface area (Å²) in [6.07, 6.45) is 8.21. The summed E-state index contributed by atoms with van der Waals surface area (Å²) in [5.41, 5.74) is 0. The smallest absolute Gasteiger partial charge is 0.315 e. The van der Waals surface area contributed by atoms with E-state index in [0.717, 1.165) is 12.5 Å². The summed E-state index contributed by atoms with van der Waals surface area (Å²) in [6.45, 7) is 1.55. The minimum absolute atomic E-state index is 0.543. The SMILES string of the molecule is CNCc1nnc(NCCCC2CCCC2)o1. The lowest BCUT2D eigenvalue weighted by Crippen LogP contribution is -2.05. The van der Waals surface area contributed by atoms with Gasteiger partial charge < -0.3 is 15.1 Å². The van der Waals surface area contributed by atoms with Crippen LogP contribution in [-0.4, -0.2) is 23.8 Å². The zero-order chi connectivity index (χ0) is 11.9. The molecule has 0 saturated heterocycles. The lowest BCUT2D eigenvalue weighted by molar-refractivity contribution is 0.476. The highest BCUT2D eigenvalue weighted by Crippen LogP contribution is 2.28. The van der Waals surface area contributed by atoms with E-state index in [1.807, 2.05) is 7.05 Å². The summed E-state index contributed by atoms with van der Waals surface area (Å²) in [7, 11) is 1.86. The summed E-state index contributed by atoms with van der Waals surface area (Å²) in [5.74, 6) is 1.59. The van der Waals surface area contributed by atoms with Crippen LogP contribution in [-0.2, 0) is 6.54 Å². The van der Waals surface area contributed by atoms with Gasteiger partial charge in [0.25, 0.3) is 0 Å². The second kappa shape index (κ2) is 6.59. The first-order chi connectivity index (χ1) is 8.38. The van der Waals surface area contributed by atoms with Crippen molar-refractivity contribution in [3.05, 3.63) is 5.89 Å². The first-order valence-corrected chi connectivity index (χ1v) is 6.59. The van der Waals surface area contributed by atoms with Crippen molar-refractivity contribution >= 4 is 6.01 Å². The highest BCUT2D eigenvalue weighted by atomic mass is 16.4. The minimum atomic E-state index is 0.543. The van der Waals surface area contributed by atoms with E-state index >= 15 is 0 Å². The maximum atomic E-state index is 5.40. The average Bonchev–Trinajstić information content (AvgIpc) is 2.96. The largest absolute Gasteiger partial charge is 0.407 e. The quantitative estimate of drug-likeness (QED) is 0.713. The Morgan fingerprint density at radius 1 is 1.29 bits per heavy atom. The third-order valence-electron chi connectivity index (χ3n) is 3.33. The van der Waals surface area contributed by atoms with E-state index in [9.17, 15) is 0 Å². The fraction of sp³-hybridized carbons (Fsp3) is 0.833. The van der Waals surface area contributed by atoms with Gasteiger partial charge in [-0.3, -0.25) is 0 Å². The molecule has 0 bridgehead atoms. The van der Waals surface area contributed by atoms with Crippen LogP contribution in [0.3, 0.4) is 0 Å². The Balaban J connectivity index is 1.60. The maximum absolute atomic E-state index is 5.40. The average molecular weight is 238 g/mol. The molecular weight excluding hydrogens is 216 g/mol. The normalized spacial score (nSPS) is 16.5. The van der Waals surface area contributed by atoms with E-state index in [1.165, 1.54) is 38.5 Å². The minimum Gasteiger partial charge on any atom is -0.407 e. The highest BCUT2D eigenvalue weighted by molar-refractivity contribution is 5.16. The summed E-state index contributed by atoms with van der Waals surface area (Å²) in [6, 6.07) is 0.543. The Morgan fingerprint density at radius 3 is 2.88 bits per heavy atom. The van der Waals surface area contributed by atoms with Gasteiger partial charge in [-0.1, -0.05) is 30.8 Å². The van der Waals surface area contributed by atoms with Gasteiger partial charge in [-0.2, -0.15) is 0 Å². The molecule has 1 fully saturated rings. The highest BCUT2D eigenvalue weighted by Gasteiger charge is 2.14. The molecule has 0 unspecified atom stereocenters. The topological polar surface area (TPSA) is 63.0 Å². The molecular formula is C12H22N4O. The molecule has 1 aliphatic carbocycles. The van der Waals surface area contributed by atoms with Gasteiger partial charge in [0.1, 0.15) is 0 Å². The molecule has 2 rings (SSSR count). The Labute approximate surface area is 102 Å². The molecule has 5 nitrogen and oxygen atoms in total. The van der Waals surface area contributed by atoms with E-state index in [4.69, 9.17) is 4.42 Å². The third-order valence-corrected chi connectivity index (χ3v) is 3.33. The molecule has 1 aliphatic rings. The second-order valence-corrected chi connectivity index (χ2v) is 4.75. The van der Waals surface area contributed by atoms with Crippen molar-refractivity contribution in [2.75, 3.05) is 18.9 Å². The van der Waals surface area contributed by atoms with Crippen LogP contribution in [0.15, 0.2) is 4.42 Å². The maximum Gasteiger partial charge on any atom is 0.315 e. The summed E-state index contributed by atoms with van der Waals surface area (Å²) < 4.78 is 5.40. The lowest BCUT2D eigenvalue weighted by atomic mass is 10.0. The standard InChI is InChI=1S/C12H22N4O/c1-13-9-11-15-16-12(17-11)14-8-4-7-10-5-2-3-6-10/h10,13H,2-9H2,1H3,(H,14,16). The van der Waals surface area contributed by atoms with Crippen LogP contribution in [0.5, 0.6) is 0 Å². The number of hydrogen-bond acceptors (Lipinski definition) is 5. The molecule has 0 radical (unpaired) electrons. The van der Waals surface area contributed by atoms with Crippen LogP contribution >= 0.6 is 0 Å². The van der Waals surface area contributed by atoms with Crippen molar-refractivity contribution in [3.63, 3.8) is 0 Å². The van der Waals surface area contributed by atoms with Gasteiger partial charge in [-0.15, -0.1) is 5.10 Å². The first kappa shape index (κ1) is 12.4. The molecule has 0 spiro atoms. The van der Waals surface area contributed by atoms with Crippen LogP contribution in [0.25, 0.3) is 0 Å². The monoisotopic (exact) mass is 238 g/mol. The van der Waals surface area contributed by atoms with Crippen molar-refractivity contribution in [1.29, 1.82) is 0 Å². The molecule has 2 N–H and O–H groups in total. The Morgan fingerprint density at radius 2 is 2.12 bits per heavy atom. The number of rotatable bonds is 7. The Hall–Kier alpha value is -1.10. The predicted octanol–water partition coefficient (Wildman–Crippen LogP) is 2.17. The fourth-order valence-corrected chi connectivity index (χ4v) is 2.43. The Kier molecular flexibility index (Phi) is 4.79. The first-order valence-electron chi connectivity index (χ1n) is 6.59. The molecule has 1 aromatic rings. The van der Waals surface area contributed by atoms with E-state index in [-0.39, 0.29) is 0 Å². The van der Waals surface area contributed by atoms with Crippen LogP contribution in [0.2, 0.25) is 0 Å². The van der Waals surface area contributed by atoms with E-state index in [1.54, 1.807) is 0 Å². The van der Waals surface area contributed by atoms with Gasteiger partial charge in [0.05, 0.1) is 6.54 Å². The van der Waals surface area contributed by atoms with Crippen LogP contribution in [0.1, 0.15) is 44.4 Å². The van der Waals surface area contributed by atoms with Gasteiger partial charge in [0.15, 0.2) is 0 Å². The predicted molar refractivity (Wildman–Crippen MR) is 66.7 cm³/mol. The zero-order valence-corrected chi connectivity index (χ0v) is 10.5. The van der Waals surface area contributed by atoms with Gasteiger partial charge in [-0.05, 0) is 25.8 Å². The number of nitrogens with zero attached hydrogens (tertiary/aromatic N) is 2. The van der Waals surface area contributed by atoms with Crippen molar-refractivity contribution in [3.8, 4) is 0 Å². The fourth-order valence-electron chi connectivity index (χ4n) is 2.43. The third kappa shape index (κ3) is 4.00. The molecule has 0 amide bonds. The van der Waals surface area contributed by atoms with E-state index in [0.29, 0.717) is 18.5 Å². The number of hydrogen-bond donors (Lipinski definition) is 2. The number of nitrogens with one attached hydrogen (secondary N) is 2.